The maximum atomic E-state index is 13.4. The number of amides is 1. The highest BCUT2D eigenvalue weighted by Gasteiger charge is 2.34. The molecule has 154 valence electrons. The predicted octanol–water partition coefficient (Wildman–Crippen LogP) is 5.42. The molecule has 1 unspecified atom stereocenters. The van der Waals surface area contributed by atoms with E-state index in [0.29, 0.717) is 18.4 Å². The van der Waals surface area contributed by atoms with E-state index in [1.165, 1.54) is 0 Å². The van der Waals surface area contributed by atoms with Crippen LogP contribution in [0.2, 0.25) is 0 Å². The van der Waals surface area contributed by atoms with Crippen molar-refractivity contribution < 1.29 is 9.59 Å². The average Bonchev–Trinajstić information content (AvgIpc) is 2.68. The zero-order valence-corrected chi connectivity index (χ0v) is 18.8. The molecular formula is C22H39N2O2P. The van der Waals surface area contributed by atoms with Crippen molar-refractivity contribution in [2.45, 2.75) is 91.5 Å². The molecule has 1 heterocycles. The molecule has 1 saturated heterocycles. The van der Waals surface area contributed by atoms with Crippen LogP contribution in [0.1, 0.15) is 85.5 Å². The van der Waals surface area contributed by atoms with Gasteiger partial charge in [0.05, 0.1) is 12.6 Å². The molecule has 0 aromatic rings. The molecule has 0 N–H and O–H groups in total. The van der Waals surface area contributed by atoms with Crippen LogP contribution in [0, 0.1) is 6.57 Å². The van der Waals surface area contributed by atoms with Crippen LogP contribution in [-0.2, 0) is 9.59 Å². The van der Waals surface area contributed by atoms with Gasteiger partial charge in [0.25, 0.3) is 0 Å². The lowest BCUT2D eigenvalue weighted by atomic mass is 10.1. The van der Waals surface area contributed by atoms with Gasteiger partial charge in [-0.25, -0.2) is 4.85 Å². The van der Waals surface area contributed by atoms with E-state index in [2.05, 4.69) is 25.6 Å². The monoisotopic (exact) mass is 394 g/mol. The summed E-state index contributed by atoms with van der Waals surface area (Å²) in [5.41, 5.74) is 0.531. The molecule has 0 aromatic heterocycles. The predicted molar refractivity (Wildman–Crippen MR) is 118 cm³/mol. The Labute approximate surface area is 166 Å². The second kappa shape index (κ2) is 12.4. The van der Waals surface area contributed by atoms with Crippen LogP contribution < -0.4 is 0 Å². The van der Waals surface area contributed by atoms with Gasteiger partial charge in [-0.2, -0.15) is 0 Å². The molecule has 1 atom stereocenters. The molecule has 4 nitrogen and oxygen atoms in total. The zero-order valence-electron chi connectivity index (χ0n) is 17.9. The SMILES string of the molecule is [C-]#[N+]C(C(=O)C(C)N1CCCCC1=O)=P(CCCC)(CCCC)CCCC. The third-order valence-electron chi connectivity index (χ3n) is 5.80. The van der Waals surface area contributed by atoms with E-state index < -0.39 is 12.9 Å². The maximum Gasteiger partial charge on any atom is 0.226 e. The van der Waals surface area contributed by atoms with E-state index in [4.69, 9.17) is 6.57 Å². The van der Waals surface area contributed by atoms with E-state index in [-0.39, 0.29) is 11.7 Å². The summed E-state index contributed by atoms with van der Waals surface area (Å²) < 4.78 is 0. The number of rotatable bonds is 12. The van der Waals surface area contributed by atoms with Gasteiger partial charge in [0, 0.05) is 13.0 Å². The third kappa shape index (κ3) is 6.49. The summed E-state index contributed by atoms with van der Waals surface area (Å²) in [5.74, 6) is 0.0166. The molecule has 0 spiro atoms. The van der Waals surface area contributed by atoms with Gasteiger partial charge in [-0.3, -0.25) is 4.79 Å². The van der Waals surface area contributed by atoms with Crippen LogP contribution in [-0.4, -0.2) is 53.1 Å². The standard InChI is InChI=1S/C22H39N2O2P/c1-6-9-16-27(17-10-7-2,18-11-8-3)22(23-5)21(26)19(4)24-15-13-12-14-20(24)25/h19H,6-18H2,1-4H3. The minimum atomic E-state index is -1.76. The van der Waals surface area contributed by atoms with Gasteiger partial charge < -0.3 is 9.69 Å². The Morgan fingerprint density at radius 3 is 2.00 bits per heavy atom. The fraction of sp³-hybridized carbons (Fsp3) is 0.818. The van der Waals surface area contributed by atoms with Crippen molar-refractivity contribution in [1.29, 1.82) is 0 Å². The Kier molecular flexibility index (Phi) is 11.0. The first kappa shape index (κ1) is 24.0. The molecule has 1 aliphatic rings. The molecule has 1 aliphatic heterocycles. The number of nitrogens with zero attached hydrogens (tertiary/aromatic N) is 2. The molecule has 0 bridgehead atoms. The highest BCUT2D eigenvalue weighted by molar-refractivity contribution is 7.78. The molecule has 1 rings (SSSR count). The molecule has 0 aromatic carbocycles. The fourth-order valence-corrected chi connectivity index (χ4v) is 8.93. The molecule has 0 saturated carbocycles. The van der Waals surface area contributed by atoms with Crippen LogP contribution in [0.3, 0.4) is 0 Å². The molecule has 0 aliphatic carbocycles. The summed E-state index contributed by atoms with van der Waals surface area (Å²) in [6.45, 7) is 15.2. The minimum absolute atomic E-state index is 0.0584. The second-order valence-corrected chi connectivity index (χ2v) is 12.0. The Balaban J connectivity index is 3.33. The van der Waals surface area contributed by atoms with E-state index in [0.717, 1.165) is 69.9 Å². The van der Waals surface area contributed by atoms with E-state index in [1.54, 1.807) is 4.90 Å². The second-order valence-electron chi connectivity index (χ2n) is 7.90. The third-order valence-corrected chi connectivity index (χ3v) is 10.5. The molecule has 1 fully saturated rings. The maximum absolute atomic E-state index is 13.4. The van der Waals surface area contributed by atoms with Crippen molar-refractivity contribution in [3.8, 4) is 0 Å². The summed E-state index contributed by atoms with van der Waals surface area (Å²) in [4.78, 5) is 31.4. The van der Waals surface area contributed by atoms with Crippen LogP contribution in [0.25, 0.3) is 4.85 Å². The number of unbranched alkanes of at least 4 members (excludes halogenated alkanes) is 3. The van der Waals surface area contributed by atoms with Gasteiger partial charge in [-0.05, 0) is 38.3 Å². The average molecular weight is 395 g/mol. The number of ketones is 1. The largest absolute Gasteiger partial charge is 0.334 e. The number of likely N-dealkylation sites (tertiary alicyclic amines) is 1. The first-order chi connectivity index (χ1) is 13.0. The van der Waals surface area contributed by atoms with E-state index >= 15 is 0 Å². The van der Waals surface area contributed by atoms with Gasteiger partial charge in [-0.15, -0.1) is 0 Å². The first-order valence-electron chi connectivity index (χ1n) is 10.9. The Morgan fingerprint density at radius 2 is 1.59 bits per heavy atom. The summed E-state index contributed by atoms with van der Waals surface area (Å²) >= 11 is 0. The summed E-state index contributed by atoms with van der Waals surface area (Å²) in [5, 5.41) is 0. The fourth-order valence-electron chi connectivity index (χ4n) is 4.00. The summed E-state index contributed by atoms with van der Waals surface area (Å²) in [6.07, 6.45) is 12.0. The Bertz CT molecular complexity index is 563. The molecule has 27 heavy (non-hydrogen) atoms. The zero-order chi connectivity index (χ0) is 20.3. The van der Waals surface area contributed by atoms with Crippen molar-refractivity contribution in [2.24, 2.45) is 0 Å². The van der Waals surface area contributed by atoms with E-state index in [1.807, 2.05) is 6.92 Å². The van der Waals surface area contributed by atoms with E-state index in [9.17, 15) is 9.59 Å². The normalized spacial score (nSPS) is 16.1. The number of carbonyl (C=O) groups excluding carboxylic acids is 2. The quantitative estimate of drug-likeness (QED) is 0.327. The molecular weight excluding hydrogens is 355 g/mol. The van der Waals surface area contributed by atoms with Gasteiger partial charge in [0.2, 0.25) is 11.3 Å². The lowest BCUT2D eigenvalue weighted by Crippen LogP contribution is -2.47. The van der Waals surface area contributed by atoms with Crippen LogP contribution in [0.5, 0.6) is 0 Å². The van der Waals surface area contributed by atoms with Crippen LogP contribution >= 0.6 is 6.89 Å². The van der Waals surface area contributed by atoms with Crippen LogP contribution in [0.15, 0.2) is 0 Å². The first-order valence-corrected chi connectivity index (χ1v) is 13.3. The summed E-state index contributed by atoms with van der Waals surface area (Å²) in [6, 6.07) is -0.480. The Morgan fingerprint density at radius 1 is 1.07 bits per heavy atom. The van der Waals surface area contributed by atoms with Crippen molar-refractivity contribution in [1.82, 2.24) is 4.90 Å². The van der Waals surface area contributed by atoms with Gasteiger partial charge in [-0.1, -0.05) is 66.2 Å². The van der Waals surface area contributed by atoms with Crippen molar-refractivity contribution >= 4 is 24.0 Å². The molecule has 5 heteroatoms. The Hall–Kier alpha value is -1.07. The van der Waals surface area contributed by atoms with Gasteiger partial charge in [0.1, 0.15) is 0 Å². The number of piperidine rings is 1. The molecule has 0 radical (unpaired) electrons. The number of Topliss-reactive ketones (excluding diaryl/α,β-unsaturated/α-hetero) is 1. The number of carbonyl (C=O) groups is 2. The van der Waals surface area contributed by atoms with Crippen molar-refractivity contribution in [2.75, 3.05) is 25.0 Å². The lowest BCUT2D eigenvalue weighted by Gasteiger charge is -2.34. The smallest absolute Gasteiger partial charge is 0.226 e. The number of hydrogen-bond acceptors (Lipinski definition) is 2. The van der Waals surface area contributed by atoms with Crippen LogP contribution in [0.4, 0.5) is 0 Å². The number of hydrogen-bond donors (Lipinski definition) is 0. The van der Waals surface area contributed by atoms with Crippen molar-refractivity contribution in [3.05, 3.63) is 11.4 Å². The van der Waals surface area contributed by atoms with Gasteiger partial charge in [0.15, 0.2) is 5.78 Å². The highest BCUT2D eigenvalue weighted by atomic mass is 31.2. The van der Waals surface area contributed by atoms with Gasteiger partial charge >= 0.3 is 0 Å². The summed E-state index contributed by atoms with van der Waals surface area (Å²) in [7, 11) is 0. The highest BCUT2D eigenvalue weighted by Crippen LogP contribution is 2.52. The molecule has 1 amide bonds. The topological polar surface area (TPSA) is 41.7 Å². The van der Waals surface area contributed by atoms with Crippen molar-refractivity contribution in [3.63, 3.8) is 0 Å². The minimum Gasteiger partial charge on any atom is -0.334 e. The lowest BCUT2D eigenvalue weighted by molar-refractivity contribution is -0.139.